The minimum absolute atomic E-state index is 1.19. The molecule has 0 saturated carbocycles. The second-order valence-electron chi connectivity index (χ2n) is 3.88. The number of allylic oxidation sites excluding steroid dienone is 4. The van der Waals surface area contributed by atoms with Gasteiger partial charge in [0.25, 0.3) is 13.6 Å². The molecule has 0 spiro atoms. The van der Waals surface area contributed by atoms with Crippen molar-refractivity contribution in [1.29, 1.82) is 0 Å². The normalized spacial score (nSPS) is 16.3. The summed E-state index contributed by atoms with van der Waals surface area (Å²) in [5, 5.41) is 0. The van der Waals surface area contributed by atoms with Crippen molar-refractivity contribution >= 4 is 13.6 Å². The summed E-state index contributed by atoms with van der Waals surface area (Å²) in [4.78, 5) is 15.0. The standard InChI is InChI=1S/C5H5.2CO.4CH3.Co/c1-2-4-5-3-1;2*1-2;;;;;/h1-3H,4H2;;;4*1H3;. The summed E-state index contributed by atoms with van der Waals surface area (Å²) in [6.07, 6.45) is 7.90. The molecule has 3 heteroatoms. The molecule has 1 aliphatic carbocycles. The van der Waals surface area contributed by atoms with Crippen molar-refractivity contribution in [1.82, 2.24) is 0 Å². The number of carbonyl (C=O) groups excluding carboxylic acids is 2. The summed E-state index contributed by atoms with van der Waals surface area (Å²) in [7, 11) is 0. The van der Waals surface area contributed by atoms with E-state index in [1.54, 1.807) is 4.51 Å². The predicted octanol–water partition coefficient (Wildman–Crippen LogP) is 2.92. The van der Waals surface area contributed by atoms with Crippen LogP contribution in [0.15, 0.2) is 22.7 Å². The molecule has 0 unspecified atom stereocenters. The monoisotopic (exact) mass is 240 g/mol. The van der Waals surface area contributed by atoms with E-state index in [2.05, 4.69) is 55.2 Å². The molecule has 0 aromatic carbocycles. The minimum atomic E-state index is -1.37. The van der Waals surface area contributed by atoms with Crippen LogP contribution >= 0.6 is 0 Å². The summed E-state index contributed by atoms with van der Waals surface area (Å²) in [6, 6.07) is 0. The van der Waals surface area contributed by atoms with E-state index in [0.29, 0.717) is 0 Å². The largest absolute Gasteiger partial charge is 0.281 e. The van der Waals surface area contributed by atoms with E-state index >= 15 is 0 Å². The molecule has 0 aromatic heterocycles. The van der Waals surface area contributed by atoms with Crippen LogP contribution in [0.2, 0.25) is 23.4 Å². The Morgan fingerprint density at radius 3 is 1.64 bits per heavy atom. The van der Waals surface area contributed by atoms with Crippen LogP contribution in [-0.2, 0) is 21.2 Å². The molecule has 82 valence electrons. The van der Waals surface area contributed by atoms with Gasteiger partial charge in [0.2, 0.25) is 0 Å². The Morgan fingerprint density at radius 1 is 1.07 bits per heavy atom. The van der Waals surface area contributed by atoms with Crippen LogP contribution in [0.1, 0.15) is 6.42 Å². The first kappa shape index (κ1) is 15.8. The Balaban J connectivity index is 0. The second kappa shape index (κ2) is 5.93. The van der Waals surface area contributed by atoms with Gasteiger partial charge in [-0.05, 0) is 0 Å². The third kappa shape index (κ3) is 5.88. The van der Waals surface area contributed by atoms with Crippen LogP contribution in [0.4, 0.5) is 0 Å². The van der Waals surface area contributed by atoms with Gasteiger partial charge in [0.15, 0.2) is 0 Å². The molecular weight excluding hydrogens is 223 g/mol. The maximum absolute atomic E-state index is 7.50. The van der Waals surface area contributed by atoms with Crippen LogP contribution in [0, 0.1) is 0 Å². The van der Waals surface area contributed by atoms with Gasteiger partial charge in [-0.25, -0.2) is 0 Å². The van der Waals surface area contributed by atoms with Crippen molar-refractivity contribution in [3.8, 4) is 0 Å². The summed E-state index contributed by atoms with van der Waals surface area (Å²) in [6.45, 7) is 9.00. The van der Waals surface area contributed by atoms with E-state index in [1.807, 2.05) is 0 Å². The number of rotatable bonds is 1. The summed E-state index contributed by atoms with van der Waals surface area (Å²) >= 11 is -1.37. The van der Waals surface area contributed by atoms with Gasteiger partial charge in [-0.15, -0.1) is 0 Å². The van der Waals surface area contributed by atoms with Gasteiger partial charge < -0.3 is 0 Å². The quantitative estimate of drug-likeness (QED) is 0.706. The van der Waals surface area contributed by atoms with Crippen LogP contribution in [0.3, 0.4) is 0 Å². The molecule has 0 bridgehead atoms. The van der Waals surface area contributed by atoms with Gasteiger partial charge in [0, 0.05) is 0 Å². The van der Waals surface area contributed by atoms with Crippen molar-refractivity contribution in [2.45, 2.75) is 29.9 Å². The van der Waals surface area contributed by atoms with E-state index in [1.165, 1.54) is 6.42 Å². The second-order valence-corrected chi connectivity index (χ2v) is 12.9. The number of hydrogen-bond acceptors (Lipinski definition) is 2. The maximum Gasteiger partial charge on any atom is 0.281 e. The Labute approximate surface area is 87.6 Å². The Kier molecular flexibility index (Phi) is 6.69. The van der Waals surface area contributed by atoms with Gasteiger partial charge in [0.1, 0.15) is 0 Å². The SMILES string of the molecule is [CH3][Co]([CH3])([CH3])([CH3])[C]1=CC=CC1.[C]=O.[C]=O. The average Bonchev–Trinajstić information content (AvgIpc) is 2.61. The first-order chi connectivity index (χ1) is 6.36. The fraction of sp³-hybridized carbons (Fsp3) is 0.455. The van der Waals surface area contributed by atoms with Crippen LogP contribution < -0.4 is 0 Å². The number of hydrogen-bond donors (Lipinski definition) is 0. The molecule has 14 heavy (non-hydrogen) atoms. The summed E-state index contributed by atoms with van der Waals surface area (Å²) < 4.78 is 1.66. The van der Waals surface area contributed by atoms with Gasteiger partial charge in [-0.3, -0.25) is 9.59 Å². The topological polar surface area (TPSA) is 34.1 Å². The van der Waals surface area contributed by atoms with Gasteiger partial charge in [0.05, 0.1) is 0 Å². The fourth-order valence-electron chi connectivity index (χ4n) is 0.906. The molecule has 0 aliphatic heterocycles. The molecule has 0 fully saturated rings. The molecule has 0 amide bonds. The van der Waals surface area contributed by atoms with E-state index in [4.69, 9.17) is 9.59 Å². The molecule has 1 rings (SSSR count). The molecule has 2 nitrogen and oxygen atoms in total. The summed E-state index contributed by atoms with van der Waals surface area (Å²) in [5.41, 5.74) is 0. The van der Waals surface area contributed by atoms with Crippen molar-refractivity contribution in [3.63, 3.8) is 0 Å². The molecule has 4 radical (unpaired) electrons. The van der Waals surface area contributed by atoms with E-state index in [0.717, 1.165) is 0 Å². The zero-order valence-corrected chi connectivity index (χ0v) is 10.1. The van der Waals surface area contributed by atoms with Crippen molar-refractivity contribution < 1.29 is 21.2 Å². The fourth-order valence-corrected chi connectivity index (χ4v) is 2.67. The van der Waals surface area contributed by atoms with Gasteiger partial charge >= 0.3 is 64.2 Å². The molecule has 0 atom stereocenters. The Morgan fingerprint density at radius 2 is 1.50 bits per heavy atom. The third-order valence-corrected chi connectivity index (χ3v) is 4.63. The smallest absolute Gasteiger partial charge is 0.281 e. The van der Waals surface area contributed by atoms with Crippen LogP contribution in [0.25, 0.3) is 0 Å². The first-order valence-corrected chi connectivity index (χ1v) is 8.31. The molecule has 0 aromatic rings. The van der Waals surface area contributed by atoms with Gasteiger partial charge in [-0.1, -0.05) is 0 Å². The van der Waals surface area contributed by atoms with Crippen LogP contribution in [0.5, 0.6) is 0 Å². The molecule has 0 saturated heterocycles. The van der Waals surface area contributed by atoms with Crippen LogP contribution in [-0.4, -0.2) is 13.6 Å². The maximum atomic E-state index is 7.50. The summed E-state index contributed by atoms with van der Waals surface area (Å²) in [5.74, 6) is 9.62. The molecular formula is C11H17CoO2. The Bertz CT molecular complexity index is 222. The third-order valence-electron chi connectivity index (χ3n) is 1.57. The molecule has 0 heterocycles. The molecule has 0 N–H and O–H groups in total. The van der Waals surface area contributed by atoms with Crippen molar-refractivity contribution in [3.05, 3.63) is 22.7 Å². The molecule has 1 aliphatic rings. The van der Waals surface area contributed by atoms with E-state index in [9.17, 15) is 0 Å². The van der Waals surface area contributed by atoms with Crippen molar-refractivity contribution in [2.75, 3.05) is 0 Å². The van der Waals surface area contributed by atoms with E-state index < -0.39 is 11.6 Å². The van der Waals surface area contributed by atoms with Gasteiger partial charge in [-0.2, -0.15) is 0 Å². The van der Waals surface area contributed by atoms with Crippen molar-refractivity contribution in [2.24, 2.45) is 0 Å². The average molecular weight is 240 g/mol. The Hall–Kier alpha value is -0.674. The zero-order chi connectivity index (χ0) is 11.9. The van der Waals surface area contributed by atoms with E-state index in [-0.39, 0.29) is 0 Å². The predicted molar refractivity (Wildman–Crippen MR) is 56.7 cm³/mol. The minimum Gasteiger partial charge on any atom is -0.281 e. The zero-order valence-electron chi connectivity index (χ0n) is 9.09. The first-order valence-electron chi connectivity index (χ1n) is 3.63.